The fourth-order valence-electron chi connectivity index (χ4n) is 3.32. The molecule has 0 bridgehead atoms. The van der Waals surface area contributed by atoms with E-state index in [1.54, 1.807) is 0 Å². The zero-order valence-corrected chi connectivity index (χ0v) is 19.8. The van der Waals surface area contributed by atoms with E-state index >= 15 is 0 Å². The zero-order chi connectivity index (χ0) is 21.3. The standard InChI is InChI=1S/C18H21IN6O3S2/c19-12-8-11-4-6-28-13(11)9-14(12)29-18-24-15-16(20)22-10-23-17(15)25(18)5-2-1-3-7-30(21,26)27/h8-10H,1-7H2,(H2,20,22,23)(H2,21,26,27). The molecular weight excluding hydrogens is 539 g/mol. The van der Waals surface area contributed by atoms with Crippen molar-refractivity contribution in [2.45, 2.75) is 42.3 Å². The number of aromatic nitrogens is 4. The Morgan fingerprint density at radius 2 is 2.07 bits per heavy atom. The van der Waals surface area contributed by atoms with Gasteiger partial charge in [-0.15, -0.1) is 0 Å². The summed E-state index contributed by atoms with van der Waals surface area (Å²) in [6, 6.07) is 4.21. The third-order valence-corrected chi connectivity index (χ3v) is 7.95. The number of benzene rings is 1. The van der Waals surface area contributed by atoms with E-state index in [4.69, 9.17) is 20.6 Å². The van der Waals surface area contributed by atoms with Gasteiger partial charge in [0, 0.05) is 21.4 Å². The highest BCUT2D eigenvalue weighted by atomic mass is 127. The summed E-state index contributed by atoms with van der Waals surface area (Å²) < 4.78 is 31.1. The third-order valence-electron chi connectivity index (χ3n) is 4.78. The lowest BCUT2D eigenvalue weighted by Gasteiger charge is -2.10. The Morgan fingerprint density at radius 3 is 2.87 bits per heavy atom. The molecule has 0 radical (unpaired) electrons. The number of sulfonamides is 1. The van der Waals surface area contributed by atoms with E-state index in [9.17, 15) is 8.42 Å². The zero-order valence-electron chi connectivity index (χ0n) is 16.0. The lowest BCUT2D eigenvalue weighted by Crippen LogP contribution is -2.16. The van der Waals surface area contributed by atoms with Crippen LogP contribution in [0, 0.1) is 3.57 Å². The minimum atomic E-state index is -3.43. The Labute approximate surface area is 192 Å². The SMILES string of the molecule is Nc1ncnc2c1nc(Sc1cc3c(cc1I)CCO3)n2CCCCCS(N)(=O)=O. The van der Waals surface area contributed by atoms with Crippen LogP contribution in [0.4, 0.5) is 5.82 Å². The molecule has 0 atom stereocenters. The van der Waals surface area contributed by atoms with Crippen LogP contribution in [0.5, 0.6) is 5.75 Å². The third kappa shape index (κ3) is 4.81. The number of anilines is 1. The van der Waals surface area contributed by atoms with E-state index < -0.39 is 10.0 Å². The second-order valence-electron chi connectivity index (χ2n) is 7.00. The summed E-state index contributed by atoms with van der Waals surface area (Å²) in [5.74, 6) is 1.24. The van der Waals surface area contributed by atoms with Crippen LogP contribution in [0.1, 0.15) is 24.8 Å². The monoisotopic (exact) mass is 560 g/mol. The second-order valence-corrected chi connectivity index (χ2v) is 10.9. The van der Waals surface area contributed by atoms with Crippen LogP contribution in [-0.2, 0) is 23.0 Å². The van der Waals surface area contributed by atoms with Crippen molar-refractivity contribution in [3.63, 3.8) is 0 Å². The van der Waals surface area contributed by atoms with Crippen LogP contribution in [0.15, 0.2) is 28.5 Å². The number of fused-ring (bicyclic) bond motifs is 2. The van der Waals surface area contributed by atoms with Gasteiger partial charge in [-0.25, -0.2) is 28.5 Å². The van der Waals surface area contributed by atoms with E-state index in [0.717, 1.165) is 38.6 Å². The lowest BCUT2D eigenvalue weighted by molar-refractivity contribution is 0.356. The minimum absolute atomic E-state index is 0.0122. The Hall–Kier alpha value is -1.64. The number of hydrogen-bond donors (Lipinski definition) is 2. The molecule has 0 saturated heterocycles. The van der Waals surface area contributed by atoms with Gasteiger partial charge in [0.25, 0.3) is 0 Å². The van der Waals surface area contributed by atoms with Crippen LogP contribution < -0.4 is 15.6 Å². The van der Waals surface area contributed by atoms with Crippen molar-refractivity contribution in [1.82, 2.24) is 19.5 Å². The molecule has 4 rings (SSSR count). The quantitative estimate of drug-likeness (QED) is 0.317. The number of unbranched alkanes of at least 4 members (excludes halogenated alkanes) is 2. The van der Waals surface area contributed by atoms with E-state index in [1.165, 1.54) is 23.7 Å². The molecule has 1 aromatic carbocycles. The van der Waals surface area contributed by atoms with Crippen LogP contribution >= 0.6 is 34.4 Å². The highest BCUT2D eigenvalue weighted by Gasteiger charge is 2.20. The lowest BCUT2D eigenvalue weighted by atomic mass is 10.2. The number of primary sulfonamides is 1. The largest absolute Gasteiger partial charge is 0.493 e. The number of aryl methyl sites for hydroxylation is 1. The summed E-state index contributed by atoms with van der Waals surface area (Å²) in [5, 5.41) is 5.84. The van der Waals surface area contributed by atoms with Crippen molar-refractivity contribution in [2.24, 2.45) is 5.14 Å². The van der Waals surface area contributed by atoms with Crippen LogP contribution in [0.3, 0.4) is 0 Å². The summed E-state index contributed by atoms with van der Waals surface area (Å²) in [6.45, 7) is 1.35. The molecule has 9 nitrogen and oxygen atoms in total. The molecule has 0 spiro atoms. The first-order valence-corrected chi connectivity index (χ1v) is 13.0. The number of halogens is 1. The van der Waals surface area contributed by atoms with Gasteiger partial charge in [0.15, 0.2) is 22.1 Å². The first kappa shape index (κ1) is 21.6. The van der Waals surface area contributed by atoms with Gasteiger partial charge in [-0.3, -0.25) is 0 Å². The molecule has 1 aliphatic rings. The van der Waals surface area contributed by atoms with Gasteiger partial charge in [0.1, 0.15) is 12.1 Å². The molecule has 12 heteroatoms. The summed E-state index contributed by atoms with van der Waals surface area (Å²) in [4.78, 5) is 14.2. The van der Waals surface area contributed by atoms with Crippen LogP contribution in [-0.4, -0.2) is 40.3 Å². The Balaban J connectivity index is 1.59. The number of rotatable bonds is 8. The van der Waals surface area contributed by atoms with Crippen molar-refractivity contribution in [1.29, 1.82) is 0 Å². The summed E-state index contributed by atoms with van der Waals surface area (Å²) >= 11 is 3.86. The summed E-state index contributed by atoms with van der Waals surface area (Å²) in [5.41, 5.74) is 8.48. The van der Waals surface area contributed by atoms with Crippen LogP contribution in [0.2, 0.25) is 0 Å². The maximum atomic E-state index is 11.1. The molecule has 0 amide bonds. The highest BCUT2D eigenvalue weighted by molar-refractivity contribution is 14.1. The predicted molar refractivity (Wildman–Crippen MR) is 124 cm³/mol. The number of hydrogen-bond acceptors (Lipinski definition) is 8. The number of imidazole rings is 1. The molecule has 2 aromatic heterocycles. The fraction of sp³-hybridized carbons (Fsp3) is 0.389. The van der Waals surface area contributed by atoms with E-state index in [0.29, 0.717) is 36.6 Å². The average Bonchev–Trinajstić information content (AvgIpc) is 3.26. The molecule has 3 aromatic rings. The maximum absolute atomic E-state index is 11.1. The fourth-order valence-corrected chi connectivity index (χ4v) is 5.73. The molecule has 0 fully saturated rings. The summed E-state index contributed by atoms with van der Waals surface area (Å²) in [6.07, 6.45) is 4.37. The molecule has 1 aliphatic heterocycles. The van der Waals surface area contributed by atoms with Crippen molar-refractivity contribution in [2.75, 3.05) is 18.1 Å². The first-order chi connectivity index (χ1) is 14.3. The molecule has 0 unspecified atom stereocenters. The number of nitrogen functional groups attached to an aromatic ring is 1. The maximum Gasteiger partial charge on any atom is 0.209 e. The topological polar surface area (TPSA) is 139 Å². The number of ether oxygens (including phenoxy) is 1. The Morgan fingerprint density at radius 1 is 1.23 bits per heavy atom. The molecule has 3 heterocycles. The predicted octanol–water partition coefficient (Wildman–Crippen LogP) is 2.56. The van der Waals surface area contributed by atoms with Gasteiger partial charge < -0.3 is 15.0 Å². The average molecular weight is 560 g/mol. The van der Waals surface area contributed by atoms with E-state index in [2.05, 4.69) is 44.7 Å². The molecule has 0 aliphatic carbocycles. The van der Waals surface area contributed by atoms with E-state index in [1.807, 2.05) is 4.57 Å². The smallest absolute Gasteiger partial charge is 0.209 e. The first-order valence-electron chi connectivity index (χ1n) is 9.42. The minimum Gasteiger partial charge on any atom is -0.493 e. The Kier molecular flexibility index (Phi) is 6.36. The molecule has 0 saturated carbocycles. The number of nitrogens with zero attached hydrogens (tertiary/aromatic N) is 4. The highest BCUT2D eigenvalue weighted by Crippen LogP contribution is 2.38. The van der Waals surface area contributed by atoms with Gasteiger partial charge in [-0.2, -0.15) is 0 Å². The Bertz CT molecular complexity index is 1200. The van der Waals surface area contributed by atoms with Gasteiger partial charge in [0.2, 0.25) is 10.0 Å². The van der Waals surface area contributed by atoms with Crippen molar-refractivity contribution in [3.8, 4) is 5.75 Å². The van der Waals surface area contributed by atoms with Crippen molar-refractivity contribution < 1.29 is 13.2 Å². The second kappa shape index (κ2) is 8.85. The van der Waals surface area contributed by atoms with Crippen LogP contribution in [0.25, 0.3) is 11.2 Å². The number of nitrogens with two attached hydrogens (primary N) is 2. The molecule has 4 N–H and O–H groups in total. The molecule has 30 heavy (non-hydrogen) atoms. The van der Waals surface area contributed by atoms with Gasteiger partial charge in [0.05, 0.1) is 12.4 Å². The van der Waals surface area contributed by atoms with Crippen molar-refractivity contribution >= 4 is 61.4 Å². The summed E-state index contributed by atoms with van der Waals surface area (Å²) in [7, 11) is -3.43. The van der Waals surface area contributed by atoms with Gasteiger partial charge in [-0.1, -0.05) is 18.2 Å². The molecule has 160 valence electrons. The normalized spacial score (nSPS) is 13.5. The van der Waals surface area contributed by atoms with Gasteiger partial charge >= 0.3 is 0 Å². The van der Waals surface area contributed by atoms with E-state index in [-0.39, 0.29) is 5.75 Å². The molecular formula is C18H21IN6O3S2. The van der Waals surface area contributed by atoms with Gasteiger partial charge in [-0.05, 0) is 53.1 Å². The van der Waals surface area contributed by atoms with Crippen molar-refractivity contribution in [3.05, 3.63) is 27.6 Å².